The predicted octanol–water partition coefficient (Wildman–Crippen LogP) is 1.98. The van der Waals surface area contributed by atoms with Gasteiger partial charge in [-0.15, -0.1) is 0 Å². The van der Waals surface area contributed by atoms with Crippen LogP contribution in [-0.4, -0.2) is 38.8 Å². The Morgan fingerprint density at radius 3 is 2.60 bits per heavy atom. The molecule has 1 N–H and O–H groups in total. The van der Waals surface area contributed by atoms with Gasteiger partial charge in [0.1, 0.15) is 0 Å². The monoisotopic (exact) mass is 276 g/mol. The molecule has 0 spiro atoms. The van der Waals surface area contributed by atoms with Crippen molar-refractivity contribution in [3.05, 3.63) is 29.8 Å². The van der Waals surface area contributed by atoms with Crippen molar-refractivity contribution in [2.24, 2.45) is 0 Å². The predicted molar refractivity (Wildman–Crippen MR) is 81.1 cm³/mol. The van der Waals surface area contributed by atoms with Crippen molar-refractivity contribution < 1.29 is 9.53 Å². The molecule has 0 atom stereocenters. The van der Waals surface area contributed by atoms with Gasteiger partial charge >= 0.3 is 0 Å². The maximum atomic E-state index is 11.4. The molecule has 1 heterocycles. The van der Waals surface area contributed by atoms with Crippen LogP contribution in [0.15, 0.2) is 24.3 Å². The highest BCUT2D eigenvalue weighted by atomic mass is 16.5. The lowest BCUT2D eigenvalue weighted by Crippen LogP contribution is -2.36. The molecular formula is C16H24N2O2. The van der Waals surface area contributed by atoms with E-state index in [1.807, 2.05) is 6.92 Å². The third-order valence-corrected chi connectivity index (χ3v) is 3.53. The van der Waals surface area contributed by atoms with Gasteiger partial charge < -0.3 is 15.0 Å². The molecule has 20 heavy (non-hydrogen) atoms. The van der Waals surface area contributed by atoms with Crippen LogP contribution in [0.1, 0.15) is 25.3 Å². The van der Waals surface area contributed by atoms with E-state index < -0.39 is 0 Å². The molecule has 0 unspecified atom stereocenters. The fourth-order valence-electron chi connectivity index (χ4n) is 2.36. The Balaban J connectivity index is 1.77. The first kappa shape index (κ1) is 14.9. The summed E-state index contributed by atoms with van der Waals surface area (Å²) in [6.07, 6.45) is 2.41. The van der Waals surface area contributed by atoms with Crippen LogP contribution in [-0.2, 0) is 16.0 Å². The number of ether oxygens (including phenoxy) is 1. The molecule has 0 bridgehead atoms. The molecule has 4 heteroatoms. The van der Waals surface area contributed by atoms with E-state index in [1.54, 1.807) is 0 Å². The highest BCUT2D eigenvalue weighted by molar-refractivity contribution is 5.75. The molecule has 4 nitrogen and oxygen atoms in total. The lowest BCUT2D eigenvalue weighted by atomic mass is 10.1. The second-order valence-corrected chi connectivity index (χ2v) is 5.12. The SMILES string of the molecule is CCCC(=O)NCCc1ccc(N2CCOCC2)cc1. The van der Waals surface area contributed by atoms with E-state index >= 15 is 0 Å². The minimum atomic E-state index is 0.150. The Morgan fingerprint density at radius 1 is 1.25 bits per heavy atom. The van der Waals surface area contributed by atoms with Crippen LogP contribution in [0.25, 0.3) is 0 Å². The van der Waals surface area contributed by atoms with Crippen molar-refractivity contribution in [2.75, 3.05) is 37.7 Å². The minimum absolute atomic E-state index is 0.150. The topological polar surface area (TPSA) is 41.6 Å². The van der Waals surface area contributed by atoms with Crippen LogP contribution >= 0.6 is 0 Å². The van der Waals surface area contributed by atoms with Crippen LogP contribution in [0.3, 0.4) is 0 Å². The van der Waals surface area contributed by atoms with Gasteiger partial charge in [-0.05, 0) is 30.5 Å². The smallest absolute Gasteiger partial charge is 0.219 e. The molecule has 1 aromatic rings. The normalized spacial score (nSPS) is 15.2. The third-order valence-electron chi connectivity index (χ3n) is 3.53. The molecule has 0 saturated carbocycles. The van der Waals surface area contributed by atoms with Gasteiger partial charge in [0, 0.05) is 31.7 Å². The maximum Gasteiger partial charge on any atom is 0.219 e. The van der Waals surface area contributed by atoms with Crippen molar-refractivity contribution >= 4 is 11.6 Å². The zero-order valence-corrected chi connectivity index (χ0v) is 12.2. The number of hydrogen-bond acceptors (Lipinski definition) is 3. The Labute approximate surface area is 121 Å². The highest BCUT2D eigenvalue weighted by Crippen LogP contribution is 2.16. The molecule has 1 fully saturated rings. The molecule has 110 valence electrons. The van der Waals surface area contributed by atoms with E-state index in [0.717, 1.165) is 45.7 Å². The van der Waals surface area contributed by atoms with E-state index in [9.17, 15) is 4.79 Å². The van der Waals surface area contributed by atoms with Gasteiger partial charge in [-0.1, -0.05) is 19.1 Å². The van der Waals surface area contributed by atoms with Crippen molar-refractivity contribution in [1.82, 2.24) is 5.32 Å². The minimum Gasteiger partial charge on any atom is -0.378 e. The van der Waals surface area contributed by atoms with Gasteiger partial charge in [-0.25, -0.2) is 0 Å². The molecule has 1 aliphatic heterocycles. The zero-order chi connectivity index (χ0) is 14.2. The summed E-state index contributed by atoms with van der Waals surface area (Å²) in [5.74, 6) is 0.150. The molecule has 0 radical (unpaired) electrons. The van der Waals surface area contributed by atoms with Gasteiger partial charge in [-0.2, -0.15) is 0 Å². The average Bonchev–Trinajstić information content (AvgIpc) is 2.49. The van der Waals surface area contributed by atoms with Crippen LogP contribution in [0.5, 0.6) is 0 Å². The average molecular weight is 276 g/mol. The van der Waals surface area contributed by atoms with E-state index in [4.69, 9.17) is 4.74 Å². The van der Waals surface area contributed by atoms with Gasteiger partial charge in [0.2, 0.25) is 5.91 Å². The second kappa shape index (κ2) is 7.90. The van der Waals surface area contributed by atoms with Gasteiger partial charge in [0.25, 0.3) is 0 Å². The summed E-state index contributed by atoms with van der Waals surface area (Å²) in [5.41, 5.74) is 2.52. The fraction of sp³-hybridized carbons (Fsp3) is 0.562. The first-order valence-electron chi connectivity index (χ1n) is 7.48. The number of hydrogen-bond donors (Lipinski definition) is 1. The number of amides is 1. The fourth-order valence-corrected chi connectivity index (χ4v) is 2.36. The summed E-state index contributed by atoms with van der Waals surface area (Å²) >= 11 is 0. The first-order chi connectivity index (χ1) is 9.79. The van der Waals surface area contributed by atoms with Crippen LogP contribution in [0, 0.1) is 0 Å². The summed E-state index contributed by atoms with van der Waals surface area (Å²) < 4.78 is 5.36. The number of carbonyl (C=O) groups excluding carboxylic acids is 1. The van der Waals surface area contributed by atoms with E-state index in [0.29, 0.717) is 6.42 Å². The molecule has 1 aliphatic rings. The number of benzene rings is 1. The summed E-state index contributed by atoms with van der Waals surface area (Å²) in [7, 11) is 0. The van der Waals surface area contributed by atoms with Crippen molar-refractivity contribution in [1.29, 1.82) is 0 Å². The van der Waals surface area contributed by atoms with Gasteiger partial charge in [-0.3, -0.25) is 4.79 Å². The maximum absolute atomic E-state index is 11.4. The highest BCUT2D eigenvalue weighted by Gasteiger charge is 2.10. The lowest BCUT2D eigenvalue weighted by Gasteiger charge is -2.28. The number of rotatable bonds is 6. The number of nitrogens with one attached hydrogen (secondary N) is 1. The first-order valence-corrected chi connectivity index (χ1v) is 7.48. The van der Waals surface area contributed by atoms with Crippen LogP contribution < -0.4 is 10.2 Å². The van der Waals surface area contributed by atoms with Crippen molar-refractivity contribution in [3.8, 4) is 0 Å². The molecule has 2 rings (SSSR count). The summed E-state index contributed by atoms with van der Waals surface area (Å²) in [6.45, 7) is 6.29. The quantitative estimate of drug-likeness (QED) is 0.864. The Morgan fingerprint density at radius 2 is 1.95 bits per heavy atom. The number of carbonyl (C=O) groups is 1. The van der Waals surface area contributed by atoms with E-state index in [1.165, 1.54) is 11.3 Å². The number of morpholine rings is 1. The Bertz CT molecular complexity index is 411. The molecule has 1 saturated heterocycles. The Hall–Kier alpha value is -1.55. The third kappa shape index (κ3) is 4.53. The Kier molecular flexibility index (Phi) is 5.87. The molecule has 0 aliphatic carbocycles. The standard InChI is InChI=1S/C16H24N2O2/c1-2-3-16(19)17-9-8-14-4-6-15(7-5-14)18-10-12-20-13-11-18/h4-7H,2-3,8-13H2,1H3,(H,17,19). The summed E-state index contributed by atoms with van der Waals surface area (Å²) in [5, 5.41) is 2.94. The van der Waals surface area contributed by atoms with Crippen LogP contribution in [0.2, 0.25) is 0 Å². The second-order valence-electron chi connectivity index (χ2n) is 5.12. The molecule has 1 amide bonds. The van der Waals surface area contributed by atoms with E-state index in [-0.39, 0.29) is 5.91 Å². The number of anilines is 1. The molecule has 0 aromatic heterocycles. The largest absolute Gasteiger partial charge is 0.378 e. The van der Waals surface area contributed by atoms with Gasteiger partial charge in [0.15, 0.2) is 0 Å². The number of nitrogens with zero attached hydrogens (tertiary/aromatic N) is 1. The van der Waals surface area contributed by atoms with Crippen molar-refractivity contribution in [2.45, 2.75) is 26.2 Å². The lowest BCUT2D eigenvalue weighted by molar-refractivity contribution is -0.121. The van der Waals surface area contributed by atoms with Gasteiger partial charge in [0.05, 0.1) is 13.2 Å². The summed E-state index contributed by atoms with van der Waals surface area (Å²) in [6, 6.07) is 8.62. The van der Waals surface area contributed by atoms with Crippen molar-refractivity contribution in [3.63, 3.8) is 0 Å². The molecule has 1 aromatic carbocycles. The van der Waals surface area contributed by atoms with E-state index in [2.05, 4.69) is 34.5 Å². The zero-order valence-electron chi connectivity index (χ0n) is 12.2. The molecular weight excluding hydrogens is 252 g/mol. The summed E-state index contributed by atoms with van der Waals surface area (Å²) in [4.78, 5) is 13.7. The van der Waals surface area contributed by atoms with Crippen LogP contribution in [0.4, 0.5) is 5.69 Å².